The van der Waals surface area contributed by atoms with Crippen LogP contribution in [0, 0.1) is 5.41 Å². The van der Waals surface area contributed by atoms with Crippen LogP contribution in [0.1, 0.15) is 27.2 Å². The van der Waals surface area contributed by atoms with Gasteiger partial charge in [-0.15, -0.1) is 0 Å². The van der Waals surface area contributed by atoms with Gasteiger partial charge in [0.25, 0.3) is 0 Å². The van der Waals surface area contributed by atoms with E-state index in [1.807, 2.05) is 24.3 Å². The third-order valence-electron chi connectivity index (χ3n) is 3.94. The van der Waals surface area contributed by atoms with Gasteiger partial charge in [0, 0.05) is 5.02 Å². The molecule has 1 heterocycles. The standard InChI is InChI=1S/C16H22BrClO3/c1-4-13-9-20-16(10-17,21-13)15(2,3)11-19-14-7-5-12(18)6-8-14/h5-8,13H,4,9-11H2,1-3H3. The molecule has 0 aromatic heterocycles. The van der Waals surface area contributed by atoms with Gasteiger partial charge in [-0.1, -0.05) is 48.3 Å². The van der Waals surface area contributed by atoms with Crippen LogP contribution in [0.15, 0.2) is 24.3 Å². The van der Waals surface area contributed by atoms with Crippen molar-refractivity contribution in [2.45, 2.75) is 39.1 Å². The van der Waals surface area contributed by atoms with Crippen LogP contribution >= 0.6 is 27.5 Å². The lowest BCUT2D eigenvalue weighted by molar-refractivity contribution is -0.225. The smallest absolute Gasteiger partial charge is 0.186 e. The summed E-state index contributed by atoms with van der Waals surface area (Å²) in [5, 5.41) is 1.32. The maximum Gasteiger partial charge on any atom is 0.186 e. The Morgan fingerprint density at radius 2 is 2.05 bits per heavy atom. The maximum absolute atomic E-state index is 6.15. The Labute approximate surface area is 140 Å². The quantitative estimate of drug-likeness (QED) is 0.675. The van der Waals surface area contributed by atoms with Crippen LogP contribution in [-0.4, -0.2) is 30.4 Å². The van der Waals surface area contributed by atoms with Crippen LogP contribution in [0.2, 0.25) is 5.02 Å². The number of alkyl halides is 1. The molecule has 1 aromatic rings. The molecule has 2 rings (SSSR count). The van der Waals surface area contributed by atoms with Crippen molar-refractivity contribution in [1.82, 2.24) is 0 Å². The van der Waals surface area contributed by atoms with Crippen molar-refractivity contribution < 1.29 is 14.2 Å². The molecule has 0 N–H and O–H groups in total. The third-order valence-corrected chi connectivity index (χ3v) is 4.93. The van der Waals surface area contributed by atoms with Crippen molar-refractivity contribution in [1.29, 1.82) is 0 Å². The topological polar surface area (TPSA) is 27.7 Å². The molecule has 0 bridgehead atoms. The zero-order valence-electron chi connectivity index (χ0n) is 12.7. The van der Waals surface area contributed by atoms with Crippen LogP contribution in [0.4, 0.5) is 0 Å². The van der Waals surface area contributed by atoms with E-state index in [4.69, 9.17) is 25.8 Å². The summed E-state index contributed by atoms with van der Waals surface area (Å²) in [5.41, 5.74) is -0.292. The highest BCUT2D eigenvalue weighted by Gasteiger charge is 2.52. The van der Waals surface area contributed by atoms with Crippen molar-refractivity contribution in [2.24, 2.45) is 5.41 Å². The Bertz CT molecular complexity index is 463. The van der Waals surface area contributed by atoms with Gasteiger partial charge in [0.2, 0.25) is 0 Å². The molecule has 1 saturated heterocycles. The first kappa shape index (κ1) is 17.1. The van der Waals surface area contributed by atoms with Crippen LogP contribution in [0.25, 0.3) is 0 Å². The van der Waals surface area contributed by atoms with Crippen LogP contribution in [-0.2, 0) is 9.47 Å². The number of ether oxygens (including phenoxy) is 3. The zero-order valence-corrected chi connectivity index (χ0v) is 15.0. The van der Waals surface area contributed by atoms with Gasteiger partial charge in [-0.05, 0) is 30.7 Å². The monoisotopic (exact) mass is 376 g/mol. The molecule has 2 atom stereocenters. The second kappa shape index (κ2) is 6.86. The maximum atomic E-state index is 6.15. The van der Waals surface area contributed by atoms with E-state index in [0.717, 1.165) is 12.2 Å². The third kappa shape index (κ3) is 3.73. The van der Waals surface area contributed by atoms with Gasteiger partial charge < -0.3 is 14.2 Å². The molecule has 118 valence electrons. The molecule has 0 spiro atoms. The molecule has 3 nitrogen and oxygen atoms in total. The highest BCUT2D eigenvalue weighted by Crippen LogP contribution is 2.42. The lowest BCUT2D eigenvalue weighted by Crippen LogP contribution is -2.51. The molecule has 2 unspecified atom stereocenters. The van der Waals surface area contributed by atoms with E-state index in [-0.39, 0.29) is 11.5 Å². The van der Waals surface area contributed by atoms with Crippen molar-refractivity contribution in [3.05, 3.63) is 29.3 Å². The van der Waals surface area contributed by atoms with Crippen LogP contribution < -0.4 is 4.74 Å². The van der Waals surface area contributed by atoms with Gasteiger partial charge in [0.15, 0.2) is 5.79 Å². The molecule has 21 heavy (non-hydrogen) atoms. The molecule has 0 amide bonds. The average Bonchev–Trinajstić information content (AvgIpc) is 2.92. The average molecular weight is 378 g/mol. The van der Waals surface area contributed by atoms with Gasteiger partial charge in [-0.3, -0.25) is 0 Å². The van der Waals surface area contributed by atoms with Crippen molar-refractivity contribution >= 4 is 27.5 Å². The fourth-order valence-electron chi connectivity index (χ4n) is 2.28. The second-order valence-electron chi connectivity index (χ2n) is 5.97. The summed E-state index contributed by atoms with van der Waals surface area (Å²) in [5.74, 6) is 0.141. The minimum Gasteiger partial charge on any atom is -0.493 e. The molecule has 1 aliphatic rings. The number of benzene rings is 1. The summed E-state index contributed by atoms with van der Waals surface area (Å²) < 4.78 is 18.0. The number of rotatable bonds is 6. The molecule has 0 radical (unpaired) electrons. The second-order valence-corrected chi connectivity index (χ2v) is 6.97. The highest BCUT2D eigenvalue weighted by atomic mass is 79.9. The van der Waals surface area contributed by atoms with Gasteiger partial charge >= 0.3 is 0 Å². The first-order valence-electron chi connectivity index (χ1n) is 7.18. The first-order valence-corrected chi connectivity index (χ1v) is 8.68. The van der Waals surface area contributed by atoms with E-state index in [2.05, 4.69) is 36.7 Å². The van der Waals surface area contributed by atoms with Crippen LogP contribution in [0.3, 0.4) is 0 Å². The lowest BCUT2D eigenvalue weighted by Gasteiger charge is -2.40. The molecule has 1 fully saturated rings. The fraction of sp³-hybridized carbons (Fsp3) is 0.625. The number of halogens is 2. The van der Waals surface area contributed by atoms with Gasteiger partial charge in [0.1, 0.15) is 5.75 Å². The minimum absolute atomic E-state index is 0.150. The van der Waals surface area contributed by atoms with E-state index < -0.39 is 5.79 Å². The summed E-state index contributed by atoms with van der Waals surface area (Å²) in [4.78, 5) is 0. The Balaban J connectivity index is 2.04. The lowest BCUT2D eigenvalue weighted by atomic mass is 9.85. The molecule has 0 saturated carbocycles. The summed E-state index contributed by atoms with van der Waals surface area (Å²) in [7, 11) is 0. The Kier molecular flexibility index (Phi) is 5.58. The van der Waals surface area contributed by atoms with Crippen molar-refractivity contribution in [3.63, 3.8) is 0 Å². The first-order chi connectivity index (χ1) is 9.92. The SMILES string of the molecule is CCC1COC(CBr)(C(C)(C)COc2ccc(Cl)cc2)O1. The van der Waals surface area contributed by atoms with Gasteiger partial charge in [0.05, 0.1) is 30.1 Å². The van der Waals surface area contributed by atoms with Crippen LogP contribution in [0.5, 0.6) is 5.75 Å². The van der Waals surface area contributed by atoms with E-state index in [0.29, 0.717) is 23.6 Å². The molecule has 1 aliphatic heterocycles. The number of hydrogen-bond acceptors (Lipinski definition) is 3. The summed E-state index contributed by atoms with van der Waals surface area (Å²) in [6, 6.07) is 7.37. The van der Waals surface area contributed by atoms with Crippen molar-refractivity contribution in [3.8, 4) is 5.75 Å². The predicted molar refractivity (Wildman–Crippen MR) is 88.4 cm³/mol. The van der Waals surface area contributed by atoms with E-state index in [1.165, 1.54) is 0 Å². The summed E-state index contributed by atoms with van der Waals surface area (Å²) >= 11 is 9.42. The minimum atomic E-state index is -0.653. The van der Waals surface area contributed by atoms with E-state index in [9.17, 15) is 0 Å². The normalized spacial score (nSPS) is 26.0. The van der Waals surface area contributed by atoms with E-state index in [1.54, 1.807) is 0 Å². The molecular formula is C16H22BrClO3. The van der Waals surface area contributed by atoms with Crippen molar-refractivity contribution in [2.75, 3.05) is 18.5 Å². The molecule has 0 aliphatic carbocycles. The van der Waals surface area contributed by atoms with Gasteiger partial charge in [-0.25, -0.2) is 0 Å². The van der Waals surface area contributed by atoms with Gasteiger partial charge in [-0.2, -0.15) is 0 Å². The summed E-state index contributed by atoms with van der Waals surface area (Å²) in [6.07, 6.45) is 1.10. The molecule has 1 aromatic carbocycles. The summed E-state index contributed by atoms with van der Waals surface area (Å²) in [6.45, 7) is 7.43. The highest BCUT2D eigenvalue weighted by molar-refractivity contribution is 9.09. The molecule has 5 heteroatoms. The predicted octanol–water partition coefficient (Wildman–Crippen LogP) is 4.66. The Morgan fingerprint density at radius 1 is 1.38 bits per heavy atom. The zero-order chi connectivity index (χ0) is 15.5. The Hall–Kier alpha value is -0.290. The molecular weight excluding hydrogens is 356 g/mol. The number of hydrogen-bond donors (Lipinski definition) is 0. The Morgan fingerprint density at radius 3 is 2.57 bits per heavy atom. The largest absolute Gasteiger partial charge is 0.493 e. The fourth-order valence-corrected chi connectivity index (χ4v) is 3.46. The van der Waals surface area contributed by atoms with E-state index >= 15 is 0 Å².